The molecular weight excluding hydrogens is 420 g/mol. The van der Waals surface area contributed by atoms with Crippen LogP contribution in [0.1, 0.15) is 23.6 Å². The van der Waals surface area contributed by atoms with Gasteiger partial charge in [0.25, 0.3) is 0 Å². The number of carbonyl (C=O) groups excluding carboxylic acids is 2. The average molecular weight is 434 g/mol. The molecule has 0 radical (unpaired) electrons. The highest BCUT2D eigenvalue weighted by Crippen LogP contribution is 2.36. The van der Waals surface area contributed by atoms with E-state index in [1.54, 1.807) is 24.3 Å². The number of ether oxygens (including phenoxy) is 2. The van der Waals surface area contributed by atoms with E-state index in [4.69, 9.17) is 21.1 Å². The maximum absolute atomic E-state index is 12.2. The van der Waals surface area contributed by atoms with Gasteiger partial charge < -0.3 is 9.47 Å². The second-order valence-corrected chi connectivity index (χ2v) is 7.09. The van der Waals surface area contributed by atoms with E-state index in [0.717, 1.165) is 11.1 Å². The summed E-state index contributed by atoms with van der Waals surface area (Å²) >= 11 is 9.52. The average Bonchev–Trinajstić information content (AvgIpc) is 2.92. The third-order valence-corrected chi connectivity index (χ3v) is 4.39. The van der Waals surface area contributed by atoms with Gasteiger partial charge in [-0.25, -0.2) is 4.79 Å². The number of esters is 2. The van der Waals surface area contributed by atoms with Gasteiger partial charge in [-0.2, -0.15) is 0 Å². The first kappa shape index (κ1) is 18.4. The molecule has 3 rings (SSSR count). The third kappa shape index (κ3) is 4.06. The molecule has 4 nitrogen and oxygen atoms in total. The van der Waals surface area contributed by atoms with E-state index in [0.29, 0.717) is 21.4 Å². The second kappa shape index (κ2) is 7.48. The lowest BCUT2D eigenvalue weighted by atomic mass is 10.1. The molecule has 0 bridgehead atoms. The topological polar surface area (TPSA) is 52.6 Å². The Kier molecular flexibility index (Phi) is 5.30. The molecule has 0 fully saturated rings. The molecule has 0 aliphatic carbocycles. The van der Waals surface area contributed by atoms with Crippen LogP contribution >= 0.6 is 27.5 Å². The fourth-order valence-electron chi connectivity index (χ4n) is 2.46. The highest BCUT2D eigenvalue weighted by atomic mass is 79.9. The number of hydrogen-bond donors (Lipinski definition) is 0. The minimum absolute atomic E-state index is 0.194. The van der Waals surface area contributed by atoms with Gasteiger partial charge in [-0.1, -0.05) is 57.4 Å². The lowest BCUT2D eigenvalue weighted by Gasteiger charge is -2.09. The van der Waals surface area contributed by atoms with E-state index in [1.807, 2.05) is 31.2 Å². The Morgan fingerprint density at radius 3 is 2.58 bits per heavy atom. The Bertz CT molecular complexity index is 959. The minimum atomic E-state index is -0.501. The monoisotopic (exact) mass is 432 g/mol. The molecule has 0 amide bonds. The Hall–Kier alpha value is -2.37. The predicted octanol–water partition coefficient (Wildman–Crippen LogP) is 5.32. The van der Waals surface area contributed by atoms with E-state index in [2.05, 4.69) is 15.9 Å². The van der Waals surface area contributed by atoms with Crippen LogP contribution in [0.4, 0.5) is 0 Å². The van der Waals surface area contributed by atoms with Crippen LogP contribution in [0.15, 0.2) is 52.5 Å². The maximum atomic E-state index is 12.2. The first-order chi connectivity index (χ1) is 12.3. The highest BCUT2D eigenvalue weighted by molar-refractivity contribution is 9.10. The lowest BCUT2D eigenvalue weighted by Crippen LogP contribution is -2.04. The highest BCUT2D eigenvalue weighted by Gasteiger charge is 2.23. The predicted molar refractivity (Wildman–Crippen MR) is 104 cm³/mol. The molecule has 1 aliphatic heterocycles. The van der Waals surface area contributed by atoms with Crippen LogP contribution in [-0.4, -0.2) is 11.9 Å². The van der Waals surface area contributed by atoms with Crippen molar-refractivity contribution in [3.63, 3.8) is 0 Å². The first-order valence-corrected chi connectivity index (χ1v) is 8.90. The fourth-order valence-corrected chi connectivity index (χ4v) is 3.33. The molecule has 1 heterocycles. The number of benzene rings is 2. The van der Waals surface area contributed by atoms with E-state index in [1.165, 1.54) is 6.92 Å². The lowest BCUT2D eigenvalue weighted by molar-refractivity contribution is -0.132. The zero-order chi connectivity index (χ0) is 18.8. The van der Waals surface area contributed by atoms with Crippen molar-refractivity contribution in [1.82, 2.24) is 0 Å². The van der Waals surface area contributed by atoms with Crippen molar-refractivity contribution in [3.8, 4) is 5.75 Å². The van der Waals surface area contributed by atoms with Gasteiger partial charge in [0.05, 0.1) is 10.6 Å². The smallest absolute Gasteiger partial charge is 0.343 e. The summed E-state index contributed by atoms with van der Waals surface area (Å²) in [6, 6.07) is 11.0. The molecule has 0 unspecified atom stereocenters. The molecule has 0 saturated carbocycles. The van der Waals surface area contributed by atoms with Gasteiger partial charge in [-0.05, 0) is 31.2 Å². The molecule has 6 heteroatoms. The van der Waals surface area contributed by atoms with Crippen LogP contribution in [0.25, 0.3) is 11.8 Å². The van der Waals surface area contributed by atoms with Crippen molar-refractivity contribution in [2.45, 2.75) is 13.8 Å². The van der Waals surface area contributed by atoms with Gasteiger partial charge in [-0.15, -0.1) is 0 Å². The first-order valence-electron chi connectivity index (χ1n) is 7.73. The quantitative estimate of drug-likeness (QED) is 0.373. The van der Waals surface area contributed by atoms with Crippen molar-refractivity contribution >= 4 is 51.3 Å². The molecule has 2 aromatic rings. The summed E-state index contributed by atoms with van der Waals surface area (Å²) in [5.41, 5.74) is 2.75. The van der Waals surface area contributed by atoms with Gasteiger partial charge in [-0.3, -0.25) is 4.79 Å². The van der Waals surface area contributed by atoms with Gasteiger partial charge >= 0.3 is 11.9 Å². The van der Waals surface area contributed by atoms with Crippen molar-refractivity contribution < 1.29 is 19.1 Å². The normalized spacial score (nSPS) is 15.0. The van der Waals surface area contributed by atoms with Gasteiger partial charge in [0.15, 0.2) is 5.75 Å². The summed E-state index contributed by atoms with van der Waals surface area (Å²) in [4.78, 5) is 23.6. The van der Waals surface area contributed by atoms with Crippen LogP contribution in [0.5, 0.6) is 5.75 Å². The molecule has 0 atom stereocenters. The molecule has 0 N–H and O–H groups in total. The Balaban J connectivity index is 2.03. The Morgan fingerprint density at radius 2 is 1.92 bits per heavy atom. The zero-order valence-electron chi connectivity index (χ0n) is 14.0. The Morgan fingerprint density at radius 1 is 1.23 bits per heavy atom. The van der Waals surface area contributed by atoms with Crippen molar-refractivity contribution in [3.05, 3.63) is 74.2 Å². The van der Waals surface area contributed by atoms with E-state index in [9.17, 15) is 9.59 Å². The second-order valence-electron chi connectivity index (χ2n) is 5.76. The number of aryl methyl sites for hydroxylation is 1. The summed E-state index contributed by atoms with van der Waals surface area (Å²) in [5.74, 6) is -0.319. The maximum Gasteiger partial charge on any atom is 0.343 e. The van der Waals surface area contributed by atoms with E-state index >= 15 is 0 Å². The summed E-state index contributed by atoms with van der Waals surface area (Å²) in [5, 5.41) is 0.260. The fraction of sp³-hybridized carbons (Fsp3) is 0.100. The van der Waals surface area contributed by atoms with Crippen molar-refractivity contribution in [1.29, 1.82) is 0 Å². The number of halogens is 2. The third-order valence-electron chi connectivity index (χ3n) is 3.65. The molecular formula is C20H14BrClO4. The van der Waals surface area contributed by atoms with E-state index in [-0.39, 0.29) is 10.8 Å². The molecule has 2 aromatic carbocycles. The summed E-state index contributed by atoms with van der Waals surface area (Å²) in [6.45, 7) is 3.27. The molecule has 0 aromatic heterocycles. The molecule has 132 valence electrons. The number of carbonyl (C=O) groups is 2. The SMILES string of the molecule is CC(=O)Oc1c(Cl)cc(Br)cc1/C=C1/C=C(c2ccc(C)cc2)OC1=O. The minimum Gasteiger partial charge on any atom is -0.424 e. The largest absolute Gasteiger partial charge is 0.424 e. The summed E-state index contributed by atoms with van der Waals surface area (Å²) in [7, 11) is 0. The van der Waals surface area contributed by atoms with Crippen LogP contribution < -0.4 is 4.74 Å². The van der Waals surface area contributed by atoms with Gasteiger partial charge in [0.1, 0.15) is 5.76 Å². The van der Waals surface area contributed by atoms with Crippen molar-refractivity contribution in [2.24, 2.45) is 0 Å². The number of hydrogen-bond acceptors (Lipinski definition) is 4. The number of cyclic esters (lactones) is 1. The Labute approximate surface area is 164 Å². The summed E-state index contributed by atoms with van der Waals surface area (Å²) in [6.07, 6.45) is 3.23. The van der Waals surface area contributed by atoms with Crippen LogP contribution in [-0.2, 0) is 14.3 Å². The van der Waals surface area contributed by atoms with Crippen LogP contribution in [0, 0.1) is 6.92 Å². The van der Waals surface area contributed by atoms with Crippen LogP contribution in [0.3, 0.4) is 0 Å². The van der Waals surface area contributed by atoms with Gasteiger partial charge in [0, 0.05) is 22.5 Å². The van der Waals surface area contributed by atoms with Gasteiger partial charge in [0.2, 0.25) is 0 Å². The summed E-state index contributed by atoms with van der Waals surface area (Å²) < 4.78 is 11.2. The zero-order valence-corrected chi connectivity index (χ0v) is 16.3. The van der Waals surface area contributed by atoms with E-state index < -0.39 is 11.9 Å². The molecule has 0 spiro atoms. The molecule has 26 heavy (non-hydrogen) atoms. The number of rotatable bonds is 3. The molecule has 1 aliphatic rings. The standard InChI is InChI=1S/C20H14BrClO4/c1-11-3-5-13(6-4-11)18-9-15(20(24)26-18)7-14-8-16(21)10-17(22)19(14)25-12(2)23/h3-10H,1-2H3/b15-7-. The van der Waals surface area contributed by atoms with Crippen LogP contribution in [0.2, 0.25) is 5.02 Å². The van der Waals surface area contributed by atoms with Crippen molar-refractivity contribution in [2.75, 3.05) is 0 Å². The molecule has 0 saturated heterocycles.